The predicted octanol–water partition coefficient (Wildman–Crippen LogP) is 7.56. The van der Waals surface area contributed by atoms with Gasteiger partial charge >= 0.3 is 0 Å². The van der Waals surface area contributed by atoms with E-state index in [1.807, 2.05) is 0 Å². The number of unbranched alkanes of at least 4 members (excludes halogenated alkanes) is 1. The second kappa shape index (κ2) is 12.8. The highest BCUT2D eigenvalue weighted by Crippen LogP contribution is 2.37. The van der Waals surface area contributed by atoms with Crippen molar-refractivity contribution in [1.82, 2.24) is 5.32 Å². The minimum atomic E-state index is -2.68. The third-order valence-electron chi connectivity index (χ3n) is 4.65. The molecule has 0 fully saturated rings. The highest BCUT2D eigenvalue weighted by atomic mass is 19.2. The Hall–Kier alpha value is -2.30. The number of benzene rings is 2. The van der Waals surface area contributed by atoms with Crippen LogP contribution in [0, 0.1) is 64.1 Å². The molecule has 1 atom stereocenters. The monoisotopic (exact) mass is 491 g/mol. The van der Waals surface area contributed by atoms with E-state index in [9.17, 15) is 43.9 Å². The third kappa shape index (κ3) is 6.61. The van der Waals surface area contributed by atoms with Gasteiger partial charge in [0.05, 0.1) is 11.1 Å². The fraction of sp³-hybridized carbons (Fsp3) is 0.455. The highest BCUT2D eigenvalue weighted by molar-refractivity contribution is 5.67. The Kier molecular flexibility index (Phi) is 11.2. The lowest BCUT2D eigenvalue weighted by Gasteiger charge is -2.11. The molecule has 1 nitrogen and oxygen atoms in total. The summed E-state index contributed by atoms with van der Waals surface area (Å²) in [4.78, 5) is 0. The van der Waals surface area contributed by atoms with E-state index >= 15 is 0 Å². The zero-order valence-corrected chi connectivity index (χ0v) is 18.1. The standard InChI is InChI=1S/C12F10.C10H23N/c13-3-1(4(14)8(18)11(21)7(3)17)2-5(15)9(19)12(22)10(20)6(2)16;1-4-6-8-11-9-10(3)7-5-2/h;10-11H,4-9H2,1-3H3. The van der Waals surface area contributed by atoms with Gasteiger partial charge < -0.3 is 5.32 Å². The summed E-state index contributed by atoms with van der Waals surface area (Å²) < 4.78 is 131. The smallest absolute Gasteiger partial charge is 0.200 e. The number of hydrogen-bond donors (Lipinski definition) is 1. The van der Waals surface area contributed by atoms with E-state index in [1.165, 1.54) is 38.8 Å². The van der Waals surface area contributed by atoms with Gasteiger partial charge in [-0.3, -0.25) is 0 Å². The molecule has 0 bridgehead atoms. The van der Waals surface area contributed by atoms with Crippen molar-refractivity contribution >= 4 is 0 Å². The molecule has 2 aromatic rings. The van der Waals surface area contributed by atoms with Crippen LogP contribution in [0.5, 0.6) is 0 Å². The first-order chi connectivity index (χ1) is 15.4. The summed E-state index contributed by atoms with van der Waals surface area (Å²) in [5.41, 5.74) is -4.52. The van der Waals surface area contributed by atoms with Gasteiger partial charge in [-0.15, -0.1) is 0 Å². The Morgan fingerprint density at radius 3 is 1.18 bits per heavy atom. The third-order valence-corrected chi connectivity index (χ3v) is 4.65. The molecule has 1 N–H and O–H groups in total. The first-order valence-corrected chi connectivity index (χ1v) is 10.2. The Morgan fingerprint density at radius 1 is 0.545 bits per heavy atom. The number of rotatable bonds is 8. The van der Waals surface area contributed by atoms with Crippen LogP contribution < -0.4 is 5.32 Å². The predicted molar refractivity (Wildman–Crippen MR) is 103 cm³/mol. The maximum absolute atomic E-state index is 13.4. The molecule has 0 radical (unpaired) electrons. The summed E-state index contributed by atoms with van der Waals surface area (Å²) in [5, 5.41) is 3.47. The van der Waals surface area contributed by atoms with Crippen LogP contribution in [0.2, 0.25) is 0 Å². The summed E-state index contributed by atoms with van der Waals surface area (Å²) >= 11 is 0. The molecule has 0 spiro atoms. The molecule has 2 aromatic carbocycles. The van der Waals surface area contributed by atoms with E-state index in [4.69, 9.17) is 0 Å². The fourth-order valence-electron chi connectivity index (χ4n) is 2.89. The summed E-state index contributed by atoms with van der Waals surface area (Å²) in [7, 11) is 0. The molecule has 186 valence electrons. The largest absolute Gasteiger partial charge is 0.316 e. The average molecular weight is 491 g/mol. The van der Waals surface area contributed by atoms with Crippen LogP contribution in [-0.4, -0.2) is 13.1 Å². The van der Waals surface area contributed by atoms with Crippen LogP contribution in [0.1, 0.15) is 46.5 Å². The maximum Gasteiger partial charge on any atom is 0.200 e. The SMILES string of the molecule is CCCCNCC(C)CCC.Fc1c(F)c(F)c(-c2c(F)c(F)c(F)c(F)c2F)c(F)c1F. The van der Waals surface area contributed by atoms with Gasteiger partial charge in [0, 0.05) is 0 Å². The van der Waals surface area contributed by atoms with Crippen molar-refractivity contribution in [2.45, 2.75) is 46.5 Å². The van der Waals surface area contributed by atoms with Crippen molar-refractivity contribution in [2.75, 3.05) is 13.1 Å². The number of halogens is 10. The van der Waals surface area contributed by atoms with E-state index in [1.54, 1.807) is 0 Å². The van der Waals surface area contributed by atoms with E-state index in [-0.39, 0.29) is 0 Å². The van der Waals surface area contributed by atoms with Gasteiger partial charge in [-0.25, -0.2) is 43.9 Å². The minimum Gasteiger partial charge on any atom is -0.316 e. The first-order valence-electron chi connectivity index (χ1n) is 10.2. The lowest BCUT2D eigenvalue weighted by atomic mass is 10.0. The van der Waals surface area contributed by atoms with Crippen molar-refractivity contribution < 1.29 is 43.9 Å². The summed E-state index contributed by atoms with van der Waals surface area (Å²) in [6.07, 6.45) is 5.30. The minimum absolute atomic E-state index is 0.858. The van der Waals surface area contributed by atoms with Crippen LogP contribution in [0.3, 0.4) is 0 Å². The second-order valence-electron chi connectivity index (χ2n) is 7.34. The van der Waals surface area contributed by atoms with E-state index in [0.717, 1.165) is 5.92 Å². The normalized spacial score (nSPS) is 11.9. The van der Waals surface area contributed by atoms with Crippen molar-refractivity contribution in [3.63, 3.8) is 0 Å². The number of nitrogens with one attached hydrogen (secondary N) is 1. The Morgan fingerprint density at radius 2 is 0.879 bits per heavy atom. The van der Waals surface area contributed by atoms with Crippen molar-refractivity contribution in [3.8, 4) is 11.1 Å². The van der Waals surface area contributed by atoms with Gasteiger partial charge in [0.2, 0.25) is 11.6 Å². The Balaban J connectivity index is 0.000000420. The molecule has 2 rings (SSSR count). The summed E-state index contributed by atoms with van der Waals surface area (Å²) in [5.74, 6) is -25.8. The fourth-order valence-corrected chi connectivity index (χ4v) is 2.89. The van der Waals surface area contributed by atoms with Crippen LogP contribution >= 0.6 is 0 Å². The Bertz CT molecular complexity index is 836. The second-order valence-corrected chi connectivity index (χ2v) is 7.34. The molecular formula is C22H23F10N. The van der Waals surface area contributed by atoms with Gasteiger partial charge in [-0.1, -0.05) is 33.6 Å². The molecule has 0 saturated carbocycles. The topological polar surface area (TPSA) is 12.0 Å². The molecule has 0 aromatic heterocycles. The molecule has 0 aliphatic rings. The molecule has 0 heterocycles. The molecule has 0 aliphatic carbocycles. The van der Waals surface area contributed by atoms with Gasteiger partial charge in [-0.05, 0) is 31.8 Å². The van der Waals surface area contributed by atoms with E-state index in [0.29, 0.717) is 0 Å². The van der Waals surface area contributed by atoms with Crippen molar-refractivity contribution in [2.24, 2.45) is 5.92 Å². The molecule has 11 heteroatoms. The summed E-state index contributed by atoms with van der Waals surface area (Å²) in [6, 6.07) is 0. The summed E-state index contributed by atoms with van der Waals surface area (Å²) in [6.45, 7) is 9.21. The molecule has 33 heavy (non-hydrogen) atoms. The van der Waals surface area contributed by atoms with Crippen LogP contribution in [-0.2, 0) is 0 Å². The quantitative estimate of drug-likeness (QED) is 0.174. The maximum atomic E-state index is 13.4. The van der Waals surface area contributed by atoms with E-state index < -0.39 is 69.3 Å². The van der Waals surface area contributed by atoms with Gasteiger partial charge in [-0.2, -0.15) is 0 Å². The zero-order chi connectivity index (χ0) is 25.5. The molecular weight excluding hydrogens is 468 g/mol. The molecule has 0 amide bonds. The van der Waals surface area contributed by atoms with Crippen molar-refractivity contribution in [1.29, 1.82) is 0 Å². The van der Waals surface area contributed by atoms with Crippen LogP contribution in [0.4, 0.5) is 43.9 Å². The van der Waals surface area contributed by atoms with Gasteiger partial charge in [0.15, 0.2) is 46.5 Å². The van der Waals surface area contributed by atoms with Crippen LogP contribution in [0.15, 0.2) is 0 Å². The van der Waals surface area contributed by atoms with Gasteiger partial charge in [0.1, 0.15) is 0 Å². The molecule has 0 saturated heterocycles. The lowest BCUT2D eigenvalue weighted by molar-refractivity contribution is 0.370. The Labute approximate surface area is 184 Å². The van der Waals surface area contributed by atoms with E-state index in [2.05, 4.69) is 26.1 Å². The lowest BCUT2D eigenvalue weighted by Crippen LogP contribution is -2.21. The average Bonchev–Trinajstić information content (AvgIpc) is 2.79. The van der Waals surface area contributed by atoms with Crippen molar-refractivity contribution in [3.05, 3.63) is 58.2 Å². The highest BCUT2D eigenvalue weighted by Gasteiger charge is 2.34. The zero-order valence-electron chi connectivity index (χ0n) is 18.1. The first kappa shape index (κ1) is 28.7. The molecule has 1 unspecified atom stereocenters. The van der Waals surface area contributed by atoms with Crippen LogP contribution in [0.25, 0.3) is 11.1 Å². The molecule has 0 aliphatic heterocycles. The van der Waals surface area contributed by atoms with Gasteiger partial charge in [0.25, 0.3) is 0 Å². The number of hydrogen-bond acceptors (Lipinski definition) is 1.